The molecule has 0 bridgehead atoms. The van der Waals surface area contributed by atoms with Crippen LogP contribution in [-0.2, 0) is 16.0 Å². The predicted octanol–water partition coefficient (Wildman–Crippen LogP) is 0.932. The molecule has 0 saturated heterocycles. The third-order valence-corrected chi connectivity index (χ3v) is 2.58. The Balaban J connectivity index is 2.61. The van der Waals surface area contributed by atoms with Crippen LogP contribution in [0.3, 0.4) is 0 Å². The van der Waals surface area contributed by atoms with Crippen molar-refractivity contribution >= 4 is 23.4 Å². The lowest BCUT2D eigenvalue weighted by atomic mass is 10.1. The van der Waals surface area contributed by atoms with E-state index in [9.17, 15) is 14.0 Å². The highest BCUT2D eigenvalue weighted by Gasteiger charge is 2.09. The van der Waals surface area contributed by atoms with E-state index in [0.29, 0.717) is 22.6 Å². The van der Waals surface area contributed by atoms with Crippen LogP contribution >= 0.6 is 11.6 Å². The topological polar surface area (TPSA) is 72.2 Å². The summed E-state index contributed by atoms with van der Waals surface area (Å²) in [4.78, 5) is 21.3. The monoisotopic (exact) mass is 258 g/mol. The second-order valence-electron chi connectivity index (χ2n) is 3.56. The van der Waals surface area contributed by atoms with Gasteiger partial charge in [-0.2, -0.15) is 0 Å². The van der Waals surface area contributed by atoms with Gasteiger partial charge in [-0.05, 0) is 36.6 Å². The Hall–Kier alpha value is -1.62. The van der Waals surface area contributed by atoms with Crippen LogP contribution < -0.4 is 11.1 Å². The van der Waals surface area contributed by atoms with Gasteiger partial charge < -0.3 is 11.1 Å². The van der Waals surface area contributed by atoms with E-state index in [4.69, 9.17) is 17.3 Å². The molecule has 0 spiro atoms. The Labute approximate surface area is 103 Å². The molecular weight excluding hydrogens is 247 g/mol. The average Bonchev–Trinajstić information content (AvgIpc) is 2.25. The number of aryl methyl sites for hydroxylation is 1. The lowest BCUT2D eigenvalue weighted by Crippen LogP contribution is -2.37. The molecule has 0 unspecified atom stereocenters. The van der Waals surface area contributed by atoms with Gasteiger partial charge in [0, 0.05) is 11.6 Å². The van der Waals surface area contributed by atoms with E-state index in [2.05, 4.69) is 5.32 Å². The first-order valence-electron chi connectivity index (χ1n) is 4.94. The van der Waals surface area contributed by atoms with Gasteiger partial charge >= 0.3 is 11.8 Å². The number of nitrogens with one attached hydrogen (secondary N) is 1. The Morgan fingerprint density at radius 1 is 1.47 bits per heavy atom. The number of hydrogen-bond acceptors (Lipinski definition) is 2. The molecule has 0 saturated carbocycles. The van der Waals surface area contributed by atoms with Gasteiger partial charge in [-0.25, -0.2) is 4.39 Å². The maximum absolute atomic E-state index is 13.3. The molecule has 92 valence electrons. The fourth-order valence-electron chi connectivity index (χ4n) is 1.28. The van der Waals surface area contributed by atoms with E-state index in [1.807, 2.05) is 0 Å². The molecule has 1 aromatic rings. The zero-order valence-corrected chi connectivity index (χ0v) is 9.97. The highest BCUT2D eigenvalue weighted by atomic mass is 35.5. The van der Waals surface area contributed by atoms with Crippen LogP contribution in [0.15, 0.2) is 12.1 Å². The highest BCUT2D eigenvalue weighted by Crippen LogP contribution is 2.20. The number of primary amides is 1. The van der Waals surface area contributed by atoms with E-state index < -0.39 is 11.8 Å². The lowest BCUT2D eigenvalue weighted by Gasteiger charge is -2.07. The third kappa shape index (κ3) is 3.71. The van der Waals surface area contributed by atoms with Crippen LogP contribution in [-0.4, -0.2) is 18.4 Å². The van der Waals surface area contributed by atoms with Crippen molar-refractivity contribution in [1.29, 1.82) is 0 Å². The highest BCUT2D eigenvalue weighted by molar-refractivity contribution is 6.34. The van der Waals surface area contributed by atoms with Crippen molar-refractivity contribution in [2.75, 3.05) is 6.54 Å². The summed E-state index contributed by atoms with van der Waals surface area (Å²) >= 11 is 5.91. The first-order chi connectivity index (χ1) is 7.91. The normalized spacial score (nSPS) is 10.1. The standard InChI is InChI=1S/C11H12ClFN2O2/c1-6-4-8(12)7(5-9(6)13)2-3-15-11(17)10(14)16/h4-5H,2-3H2,1H3,(H2,14,16)(H,15,17). The summed E-state index contributed by atoms with van der Waals surface area (Å²) in [5.74, 6) is -2.27. The van der Waals surface area contributed by atoms with Crippen LogP contribution in [0.5, 0.6) is 0 Å². The van der Waals surface area contributed by atoms with Crippen LogP contribution in [0.2, 0.25) is 5.02 Å². The van der Waals surface area contributed by atoms with Gasteiger partial charge in [-0.3, -0.25) is 9.59 Å². The quantitative estimate of drug-likeness (QED) is 0.792. The number of carbonyl (C=O) groups is 2. The van der Waals surface area contributed by atoms with Gasteiger partial charge in [0.05, 0.1) is 0 Å². The fraction of sp³-hybridized carbons (Fsp3) is 0.273. The lowest BCUT2D eigenvalue weighted by molar-refractivity contribution is -0.137. The van der Waals surface area contributed by atoms with Crippen molar-refractivity contribution in [3.63, 3.8) is 0 Å². The molecule has 1 aromatic carbocycles. The minimum atomic E-state index is -1.05. The molecule has 0 heterocycles. The molecule has 3 N–H and O–H groups in total. The van der Waals surface area contributed by atoms with Gasteiger partial charge in [0.1, 0.15) is 5.82 Å². The minimum Gasteiger partial charge on any atom is -0.361 e. The summed E-state index contributed by atoms with van der Waals surface area (Å²) < 4.78 is 13.3. The zero-order chi connectivity index (χ0) is 13.0. The summed E-state index contributed by atoms with van der Waals surface area (Å²) in [5.41, 5.74) is 5.78. The van der Waals surface area contributed by atoms with E-state index in [1.54, 1.807) is 6.92 Å². The zero-order valence-electron chi connectivity index (χ0n) is 9.22. The Morgan fingerprint density at radius 2 is 2.12 bits per heavy atom. The number of rotatable bonds is 3. The molecule has 2 amide bonds. The summed E-state index contributed by atoms with van der Waals surface area (Å²) in [6, 6.07) is 2.83. The number of carbonyl (C=O) groups excluding carboxylic acids is 2. The molecular formula is C11H12ClFN2O2. The van der Waals surface area contributed by atoms with Crippen molar-refractivity contribution < 1.29 is 14.0 Å². The molecule has 0 atom stereocenters. The fourth-order valence-corrected chi connectivity index (χ4v) is 1.59. The Bertz CT molecular complexity index is 463. The Kier molecular flexibility index (Phi) is 4.45. The van der Waals surface area contributed by atoms with Crippen molar-refractivity contribution in [2.24, 2.45) is 5.73 Å². The van der Waals surface area contributed by atoms with Crippen LogP contribution in [0, 0.1) is 12.7 Å². The number of nitrogens with two attached hydrogens (primary N) is 1. The summed E-state index contributed by atoms with van der Waals surface area (Å²) in [6.07, 6.45) is 0.328. The van der Waals surface area contributed by atoms with Crippen LogP contribution in [0.4, 0.5) is 4.39 Å². The molecule has 0 aliphatic carbocycles. The molecule has 4 nitrogen and oxygen atoms in total. The smallest absolute Gasteiger partial charge is 0.309 e. The molecule has 0 fully saturated rings. The van der Waals surface area contributed by atoms with Crippen LogP contribution in [0.1, 0.15) is 11.1 Å². The molecule has 0 radical (unpaired) electrons. The van der Waals surface area contributed by atoms with Crippen molar-refractivity contribution in [3.05, 3.63) is 34.1 Å². The number of amides is 2. The molecule has 0 aromatic heterocycles. The van der Waals surface area contributed by atoms with Crippen LogP contribution in [0.25, 0.3) is 0 Å². The third-order valence-electron chi connectivity index (χ3n) is 2.23. The molecule has 0 aliphatic heterocycles. The summed E-state index contributed by atoms with van der Waals surface area (Å²) in [7, 11) is 0. The van der Waals surface area contributed by atoms with E-state index in [0.717, 1.165) is 0 Å². The van der Waals surface area contributed by atoms with Gasteiger partial charge in [-0.15, -0.1) is 0 Å². The molecule has 6 heteroatoms. The second-order valence-corrected chi connectivity index (χ2v) is 3.97. The molecule has 1 rings (SSSR count). The van der Waals surface area contributed by atoms with Gasteiger partial charge in [0.2, 0.25) is 0 Å². The van der Waals surface area contributed by atoms with E-state index >= 15 is 0 Å². The SMILES string of the molecule is Cc1cc(Cl)c(CCNC(=O)C(N)=O)cc1F. The molecule has 0 aliphatic rings. The second kappa shape index (κ2) is 5.63. The van der Waals surface area contributed by atoms with Crippen molar-refractivity contribution in [3.8, 4) is 0 Å². The Morgan fingerprint density at radius 3 is 2.71 bits per heavy atom. The number of halogens is 2. The van der Waals surface area contributed by atoms with Gasteiger partial charge in [-0.1, -0.05) is 11.6 Å². The first-order valence-corrected chi connectivity index (χ1v) is 5.31. The van der Waals surface area contributed by atoms with Gasteiger partial charge in [0.15, 0.2) is 0 Å². The van der Waals surface area contributed by atoms with E-state index in [-0.39, 0.29) is 12.4 Å². The minimum absolute atomic E-state index is 0.171. The number of benzene rings is 1. The molecule has 17 heavy (non-hydrogen) atoms. The van der Waals surface area contributed by atoms with Gasteiger partial charge in [0.25, 0.3) is 0 Å². The van der Waals surface area contributed by atoms with E-state index in [1.165, 1.54) is 12.1 Å². The summed E-state index contributed by atoms with van der Waals surface area (Å²) in [5, 5.41) is 2.73. The summed E-state index contributed by atoms with van der Waals surface area (Å²) in [6.45, 7) is 1.78. The largest absolute Gasteiger partial charge is 0.361 e. The van der Waals surface area contributed by atoms with Crippen molar-refractivity contribution in [1.82, 2.24) is 5.32 Å². The first kappa shape index (κ1) is 13.4. The van der Waals surface area contributed by atoms with Crippen molar-refractivity contribution in [2.45, 2.75) is 13.3 Å². The predicted molar refractivity (Wildman–Crippen MR) is 62.1 cm³/mol. The number of hydrogen-bond donors (Lipinski definition) is 2. The maximum Gasteiger partial charge on any atom is 0.309 e. The average molecular weight is 259 g/mol. The maximum atomic E-state index is 13.3.